The molecular formula is C14H7Cl3F3NO2. The Labute approximate surface area is 143 Å². The van der Waals surface area contributed by atoms with E-state index in [-0.39, 0.29) is 31.9 Å². The van der Waals surface area contributed by atoms with Crippen molar-refractivity contribution in [3.63, 3.8) is 0 Å². The van der Waals surface area contributed by atoms with Crippen LogP contribution in [-0.4, -0.2) is 18.1 Å². The highest BCUT2D eigenvalue weighted by atomic mass is 35.5. The average Bonchev–Trinajstić information content (AvgIpc) is 2.50. The summed E-state index contributed by atoms with van der Waals surface area (Å²) in [6, 6.07) is 4.46. The lowest BCUT2D eigenvalue weighted by atomic mass is 10.1. The minimum atomic E-state index is -4.75. The molecule has 1 heterocycles. The van der Waals surface area contributed by atoms with Crippen molar-refractivity contribution in [1.29, 1.82) is 0 Å². The average molecular weight is 385 g/mol. The third kappa shape index (κ3) is 3.71. The predicted octanol–water partition coefficient (Wildman–Crippen LogP) is 5.51. The molecule has 0 saturated carbocycles. The van der Waals surface area contributed by atoms with Crippen molar-refractivity contribution in [1.82, 2.24) is 4.98 Å². The summed E-state index contributed by atoms with van der Waals surface area (Å²) >= 11 is 17.7. The molecule has 0 fully saturated rings. The second kappa shape index (κ2) is 6.55. The molecule has 0 atom stereocenters. The van der Waals surface area contributed by atoms with E-state index in [9.17, 15) is 18.0 Å². The fraction of sp³-hybridized carbons (Fsp3) is 0.143. The van der Waals surface area contributed by atoms with Gasteiger partial charge in [-0.3, -0.25) is 0 Å². The van der Waals surface area contributed by atoms with Crippen molar-refractivity contribution in [2.45, 2.75) is 6.18 Å². The van der Waals surface area contributed by atoms with Crippen LogP contribution >= 0.6 is 34.8 Å². The first-order chi connectivity index (χ1) is 10.6. The van der Waals surface area contributed by atoms with Gasteiger partial charge in [0.05, 0.1) is 33.4 Å². The summed E-state index contributed by atoms with van der Waals surface area (Å²) in [7, 11) is 1.06. The number of esters is 1. The number of halogens is 6. The van der Waals surface area contributed by atoms with Crippen LogP contribution in [0.2, 0.25) is 15.1 Å². The lowest BCUT2D eigenvalue weighted by molar-refractivity contribution is -0.141. The van der Waals surface area contributed by atoms with Gasteiger partial charge in [-0.05, 0) is 24.3 Å². The molecule has 9 heteroatoms. The number of hydrogen-bond donors (Lipinski definition) is 0. The first kappa shape index (κ1) is 17.8. The highest BCUT2D eigenvalue weighted by molar-refractivity contribution is 6.49. The smallest absolute Gasteiger partial charge is 0.433 e. The molecule has 0 aliphatic carbocycles. The van der Waals surface area contributed by atoms with E-state index < -0.39 is 17.8 Å². The number of alkyl halides is 3. The van der Waals surface area contributed by atoms with E-state index in [1.165, 1.54) is 12.1 Å². The van der Waals surface area contributed by atoms with Gasteiger partial charge in [0, 0.05) is 5.56 Å². The van der Waals surface area contributed by atoms with Crippen LogP contribution in [0.4, 0.5) is 13.2 Å². The molecule has 3 nitrogen and oxygen atoms in total. The minimum Gasteiger partial charge on any atom is -0.465 e. The van der Waals surface area contributed by atoms with Gasteiger partial charge in [-0.1, -0.05) is 34.8 Å². The van der Waals surface area contributed by atoms with Gasteiger partial charge in [0.25, 0.3) is 0 Å². The topological polar surface area (TPSA) is 39.2 Å². The second-order valence-electron chi connectivity index (χ2n) is 4.34. The normalized spacial score (nSPS) is 11.4. The van der Waals surface area contributed by atoms with Crippen LogP contribution in [0.15, 0.2) is 24.3 Å². The van der Waals surface area contributed by atoms with Crippen LogP contribution in [0.3, 0.4) is 0 Å². The summed E-state index contributed by atoms with van der Waals surface area (Å²) in [5.41, 5.74) is -1.63. The Morgan fingerprint density at radius 2 is 1.78 bits per heavy atom. The monoisotopic (exact) mass is 383 g/mol. The first-order valence-electron chi connectivity index (χ1n) is 5.96. The molecule has 0 bridgehead atoms. The molecule has 0 aliphatic rings. The van der Waals surface area contributed by atoms with Crippen LogP contribution < -0.4 is 0 Å². The number of benzene rings is 1. The minimum absolute atomic E-state index is 0.0235. The van der Waals surface area contributed by atoms with E-state index in [0.29, 0.717) is 6.07 Å². The summed E-state index contributed by atoms with van der Waals surface area (Å²) in [5, 5.41) is 0.0482. The zero-order valence-electron chi connectivity index (χ0n) is 11.3. The van der Waals surface area contributed by atoms with Crippen LogP contribution in [0, 0.1) is 0 Å². The molecular weight excluding hydrogens is 378 g/mol. The number of carbonyl (C=O) groups excluding carboxylic acids is 1. The Kier molecular flexibility index (Phi) is 5.08. The quantitative estimate of drug-likeness (QED) is 0.506. The number of methoxy groups -OCH3 is 1. The molecule has 2 rings (SSSR count). The zero-order chi connectivity index (χ0) is 17.4. The Balaban J connectivity index is 2.72. The standard InChI is InChI=1S/C14H7Cl3F3NO2/c1-23-13(22)6-4-9(21-10(5-6)14(18,19)20)7-2-3-8(15)12(17)11(7)16/h2-5H,1H3. The van der Waals surface area contributed by atoms with Gasteiger partial charge < -0.3 is 4.74 Å². The highest BCUT2D eigenvalue weighted by Gasteiger charge is 2.34. The first-order valence-corrected chi connectivity index (χ1v) is 7.10. The Morgan fingerprint density at radius 3 is 2.35 bits per heavy atom. The van der Waals surface area contributed by atoms with Crippen LogP contribution in [0.1, 0.15) is 16.1 Å². The molecule has 0 amide bonds. The van der Waals surface area contributed by atoms with Gasteiger partial charge >= 0.3 is 12.1 Å². The largest absolute Gasteiger partial charge is 0.465 e. The van der Waals surface area contributed by atoms with Gasteiger partial charge in [-0.15, -0.1) is 0 Å². The third-order valence-electron chi connectivity index (χ3n) is 2.85. The lowest BCUT2D eigenvalue weighted by Gasteiger charge is -2.12. The molecule has 2 aromatic rings. The van der Waals surface area contributed by atoms with Gasteiger partial charge in [-0.25, -0.2) is 9.78 Å². The third-order valence-corrected chi connectivity index (χ3v) is 4.14. The molecule has 1 aromatic carbocycles. The molecule has 0 aliphatic heterocycles. The van der Waals surface area contributed by atoms with E-state index in [1.807, 2.05) is 0 Å². The number of carbonyl (C=O) groups is 1. The predicted molar refractivity (Wildman–Crippen MR) is 81.0 cm³/mol. The van der Waals surface area contributed by atoms with Crippen molar-refractivity contribution in [2.75, 3.05) is 7.11 Å². The molecule has 0 saturated heterocycles. The highest BCUT2D eigenvalue weighted by Crippen LogP contribution is 2.39. The van der Waals surface area contributed by atoms with Gasteiger partial charge in [0.2, 0.25) is 0 Å². The number of pyridine rings is 1. The van der Waals surface area contributed by atoms with Gasteiger partial charge in [0.1, 0.15) is 5.69 Å². The zero-order valence-corrected chi connectivity index (χ0v) is 13.6. The van der Waals surface area contributed by atoms with E-state index in [0.717, 1.165) is 13.2 Å². The molecule has 0 spiro atoms. The van der Waals surface area contributed by atoms with Crippen molar-refractivity contribution in [2.24, 2.45) is 0 Å². The molecule has 23 heavy (non-hydrogen) atoms. The van der Waals surface area contributed by atoms with Crippen molar-refractivity contribution in [3.05, 3.63) is 50.6 Å². The van der Waals surface area contributed by atoms with E-state index in [1.54, 1.807) is 0 Å². The van der Waals surface area contributed by atoms with E-state index in [2.05, 4.69) is 9.72 Å². The number of aromatic nitrogens is 1. The summed E-state index contributed by atoms with van der Waals surface area (Å²) in [6.07, 6.45) is -4.75. The maximum Gasteiger partial charge on any atom is 0.433 e. The second-order valence-corrected chi connectivity index (χ2v) is 5.50. The maximum atomic E-state index is 13.0. The van der Waals surface area contributed by atoms with E-state index in [4.69, 9.17) is 34.8 Å². The van der Waals surface area contributed by atoms with Crippen molar-refractivity contribution in [3.8, 4) is 11.3 Å². The molecule has 0 unspecified atom stereocenters. The fourth-order valence-electron chi connectivity index (χ4n) is 1.77. The summed E-state index contributed by atoms with van der Waals surface area (Å²) in [6.45, 7) is 0. The van der Waals surface area contributed by atoms with Gasteiger partial charge in [0.15, 0.2) is 0 Å². The Bertz CT molecular complexity index is 779. The lowest BCUT2D eigenvalue weighted by Crippen LogP contribution is -2.12. The molecule has 0 N–H and O–H groups in total. The number of rotatable bonds is 2. The molecule has 1 aromatic heterocycles. The molecule has 122 valence electrons. The van der Waals surface area contributed by atoms with Gasteiger partial charge in [-0.2, -0.15) is 13.2 Å². The van der Waals surface area contributed by atoms with E-state index >= 15 is 0 Å². The van der Waals surface area contributed by atoms with Crippen molar-refractivity contribution >= 4 is 40.8 Å². The number of ether oxygens (including phenoxy) is 1. The van der Waals surface area contributed by atoms with Crippen LogP contribution in [0.5, 0.6) is 0 Å². The number of hydrogen-bond acceptors (Lipinski definition) is 3. The Hall–Kier alpha value is -1.50. The maximum absolute atomic E-state index is 13.0. The SMILES string of the molecule is COC(=O)c1cc(-c2ccc(Cl)c(Cl)c2Cl)nc(C(F)(F)F)c1. The fourth-order valence-corrected chi connectivity index (χ4v) is 2.41. The van der Waals surface area contributed by atoms with Crippen LogP contribution in [0.25, 0.3) is 11.3 Å². The Morgan fingerprint density at radius 1 is 1.13 bits per heavy atom. The number of nitrogens with zero attached hydrogens (tertiary/aromatic N) is 1. The molecule has 0 radical (unpaired) electrons. The van der Waals surface area contributed by atoms with Crippen LogP contribution in [-0.2, 0) is 10.9 Å². The summed E-state index contributed by atoms with van der Waals surface area (Å²) in [5.74, 6) is -0.935. The summed E-state index contributed by atoms with van der Waals surface area (Å²) < 4.78 is 43.4. The summed E-state index contributed by atoms with van der Waals surface area (Å²) in [4.78, 5) is 15.1. The van der Waals surface area contributed by atoms with Crippen molar-refractivity contribution < 1.29 is 22.7 Å².